The molecular formula is C24H34NO2+. The van der Waals surface area contributed by atoms with Crippen LogP contribution in [0.15, 0.2) is 24.3 Å². The average Bonchev–Trinajstić information content (AvgIpc) is 2.90. The monoisotopic (exact) mass is 368 g/mol. The second kappa shape index (κ2) is 7.49. The van der Waals surface area contributed by atoms with Crippen molar-refractivity contribution in [1.82, 2.24) is 0 Å². The molecule has 1 N–H and O–H groups in total. The maximum Gasteiger partial charge on any atom is 0.139 e. The van der Waals surface area contributed by atoms with Gasteiger partial charge in [-0.25, -0.2) is 0 Å². The number of fused-ring (bicyclic) bond motifs is 3. The van der Waals surface area contributed by atoms with Crippen molar-refractivity contribution in [3.05, 3.63) is 29.8 Å². The van der Waals surface area contributed by atoms with Gasteiger partial charge in [0.05, 0.1) is 19.2 Å². The Morgan fingerprint density at radius 3 is 2.59 bits per heavy atom. The van der Waals surface area contributed by atoms with Gasteiger partial charge in [-0.05, 0) is 71.3 Å². The van der Waals surface area contributed by atoms with E-state index in [0.29, 0.717) is 5.92 Å². The van der Waals surface area contributed by atoms with Crippen LogP contribution in [0.1, 0.15) is 71.0 Å². The number of quaternary nitrogens is 1. The normalized spacial score (nSPS) is 32.9. The molecule has 0 saturated carbocycles. The molecule has 3 heterocycles. The first-order chi connectivity index (χ1) is 13.0. The van der Waals surface area contributed by atoms with E-state index in [0.717, 1.165) is 25.1 Å². The molecule has 3 aliphatic heterocycles. The molecule has 1 aromatic rings. The Labute approximate surface area is 164 Å². The molecule has 3 heteroatoms. The minimum Gasteiger partial charge on any atom is -0.487 e. The molecular weight excluding hydrogens is 334 g/mol. The molecule has 3 aliphatic rings. The second-order valence-corrected chi connectivity index (χ2v) is 9.30. The van der Waals surface area contributed by atoms with Gasteiger partial charge in [-0.3, -0.25) is 0 Å². The van der Waals surface area contributed by atoms with Gasteiger partial charge in [-0.1, -0.05) is 24.1 Å². The molecule has 146 valence electrons. The lowest BCUT2D eigenvalue weighted by molar-refractivity contribution is -0.891. The number of likely N-dealkylation sites (tertiary alicyclic amines) is 1. The largest absolute Gasteiger partial charge is 0.487 e. The summed E-state index contributed by atoms with van der Waals surface area (Å²) in [5.41, 5.74) is 0.629. The molecule has 1 aromatic carbocycles. The number of rotatable bonds is 1. The molecule has 0 aromatic heterocycles. The van der Waals surface area contributed by atoms with Crippen LogP contribution in [-0.2, 0) is 4.74 Å². The van der Waals surface area contributed by atoms with Crippen molar-refractivity contribution in [2.24, 2.45) is 5.92 Å². The predicted molar refractivity (Wildman–Crippen MR) is 108 cm³/mol. The van der Waals surface area contributed by atoms with Crippen molar-refractivity contribution >= 4 is 0 Å². The van der Waals surface area contributed by atoms with Crippen molar-refractivity contribution in [3.8, 4) is 17.6 Å². The van der Waals surface area contributed by atoms with Crippen LogP contribution >= 0.6 is 0 Å². The van der Waals surface area contributed by atoms with Crippen LogP contribution in [0.5, 0.6) is 5.75 Å². The smallest absolute Gasteiger partial charge is 0.139 e. The average molecular weight is 369 g/mol. The third kappa shape index (κ3) is 4.03. The molecule has 27 heavy (non-hydrogen) atoms. The van der Waals surface area contributed by atoms with Gasteiger partial charge in [0.15, 0.2) is 0 Å². The standard InChI is InChI=1S/C24H33NO2/c1-23(2)20-13-15-24(3,14-10-18-25-16-8-4-5-9-17-25)27-22(20)19-11-6-7-12-21(19)26-23/h6-7,11-12,20,22H,4-5,8-9,13,15-18H2,1-3H3/p+1. The molecule has 0 aliphatic carbocycles. The van der Waals surface area contributed by atoms with Gasteiger partial charge in [0, 0.05) is 11.5 Å². The number of nitrogens with one attached hydrogen (secondary N) is 1. The van der Waals surface area contributed by atoms with E-state index in [1.165, 1.54) is 44.3 Å². The number of para-hydroxylation sites is 1. The van der Waals surface area contributed by atoms with Gasteiger partial charge in [-0.15, -0.1) is 0 Å². The van der Waals surface area contributed by atoms with Gasteiger partial charge in [0.1, 0.15) is 23.5 Å². The van der Waals surface area contributed by atoms with E-state index in [1.807, 2.05) is 6.07 Å². The number of ether oxygens (including phenoxy) is 2. The molecule has 0 spiro atoms. The highest BCUT2D eigenvalue weighted by molar-refractivity contribution is 5.39. The van der Waals surface area contributed by atoms with Crippen molar-refractivity contribution < 1.29 is 14.4 Å². The van der Waals surface area contributed by atoms with E-state index in [-0.39, 0.29) is 17.3 Å². The molecule has 4 rings (SSSR count). The quantitative estimate of drug-likeness (QED) is 0.766. The lowest BCUT2D eigenvalue weighted by atomic mass is 9.73. The Hall–Kier alpha value is -1.50. The Kier molecular flexibility index (Phi) is 5.23. The van der Waals surface area contributed by atoms with E-state index >= 15 is 0 Å². The highest BCUT2D eigenvalue weighted by Crippen LogP contribution is 2.52. The topological polar surface area (TPSA) is 22.9 Å². The predicted octanol–water partition coefficient (Wildman–Crippen LogP) is 3.55. The van der Waals surface area contributed by atoms with Gasteiger partial charge >= 0.3 is 0 Å². The molecule has 3 nitrogen and oxygen atoms in total. The molecule has 3 unspecified atom stereocenters. The van der Waals surface area contributed by atoms with E-state index < -0.39 is 0 Å². The first-order valence-corrected chi connectivity index (χ1v) is 10.8. The van der Waals surface area contributed by atoms with Crippen LogP contribution in [0, 0.1) is 17.8 Å². The van der Waals surface area contributed by atoms with E-state index in [2.05, 4.69) is 50.8 Å². The van der Waals surface area contributed by atoms with Crippen molar-refractivity contribution in [2.75, 3.05) is 19.6 Å². The van der Waals surface area contributed by atoms with E-state index in [4.69, 9.17) is 9.47 Å². The van der Waals surface area contributed by atoms with Crippen LogP contribution in [0.3, 0.4) is 0 Å². The number of hydrogen-bond donors (Lipinski definition) is 1. The third-order valence-electron chi connectivity index (χ3n) is 6.68. The maximum atomic E-state index is 6.69. The summed E-state index contributed by atoms with van der Waals surface area (Å²) < 4.78 is 13.0. The minimum absolute atomic E-state index is 0.0727. The zero-order valence-electron chi connectivity index (χ0n) is 17.1. The summed E-state index contributed by atoms with van der Waals surface area (Å²) in [5, 5.41) is 0. The second-order valence-electron chi connectivity index (χ2n) is 9.30. The summed E-state index contributed by atoms with van der Waals surface area (Å²) in [4.78, 5) is 1.65. The first kappa shape index (κ1) is 18.8. The highest BCUT2D eigenvalue weighted by atomic mass is 16.5. The lowest BCUT2D eigenvalue weighted by Gasteiger charge is -2.50. The Morgan fingerprint density at radius 1 is 1.07 bits per heavy atom. The first-order valence-electron chi connectivity index (χ1n) is 10.8. The fourth-order valence-electron chi connectivity index (χ4n) is 5.02. The zero-order valence-corrected chi connectivity index (χ0v) is 17.1. The zero-order chi connectivity index (χ0) is 18.9. The summed E-state index contributed by atoms with van der Waals surface area (Å²) >= 11 is 0. The molecule has 3 atom stereocenters. The van der Waals surface area contributed by atoms with Gasteiger partial charge in [-0.2, -0.15) is 0 Å². The van der Waals surface area contributed by atoms with Crippen LogP contribution in [0.4, 0.5) is 0 Å². The van der Waals surface area contributed by atoms with Crippen LogP contribution in [-0.4, -0.2) is 30.8 Å². The van der Waals surface area contributed by atoms with Gasteiger partial charge in [0.25, 0.3) is 0 Å². The summed E-state index contributed by atoms with van der Waals surface area (Å²) in [6.07, 6.45) is 7.61. The molecule has 0 bridgehead atoms. The van der Waals surface area contributed by atoms with E-state index in [9.17, 15) is 0 Å². The van der Waals surface area contributed by atoms with Crippen molar-refractivity contribution in [2.45, 2.75) is 76.6 Å². The number of benzene rings is 1. The molecule has 2 fully saturated rings. The van der Waals surface area contributed by atoms with Gasteiger partial charge < -0.3 is 14.4 Å². The Balaban J connectivity index is 1.50. The lowest BCUT2D eigenvalue weighted by Crippen LogP contribution is -3.11. The van der Waals surface area contributed by atoms with Crippen LogP contribution in [0.2, 0.25) is 0 Å². The highest BCUT2D eigenvalue weighted by Gasteiger charge is 2.49. The summed E-state index contributed by atoms with van der Waals surface area (Å²) in [6, 6.07) is 8.35. The summed E-state index contributed by atoms with van der Waals surface area (Å²) in [6.45, 7) is 10.1. The summed E-state index contributed by atoms with van der Waals surface area (Å²) in [5.74, 6) is 8.35. The molecule has 0 radical (unpaired) electrons. The minimum atomic E-state index is -0.354. The Morgan fingerprint density at radius 2 is 1.81 bits per heavy atom. The van der Waals surface area contributed by atoms with E-state index in [1.54, 1.807) is 4.90 Å². The summed E-state index contributed by atoms with van der Waals surface area (Å²) in [7, 11) is 0. The molecule has 0 amide bonds. The maximum absolute atomic E-state index is 6.69. The van der Waals surface area contributed by atoms with Crippen LogP contribution < -0.4 is 9.64 Å². The fraction of sp³-hybridized carbons (Fsp3) is 0.667. The molecule has 2 saturated heterocycles. The number of hydrogen-bond acceptors (Lipinski definition) is 2. The fourth-order valence-corrected chi connectivity index (χ4v) is 5.02. The van der Waals surface area contributed by atoms with Crippen LogP contribution in [0.25, 0.3) is 0 Å². The van der Waals surface area contributed by atoms with Gasteiger partial charge in [0.2, 0.25) is 0 Å². The van der Waals surface area contributed by atoms with Crippen molar-refractivity contribution in [3.63, 3.8) is 0 Å². The Bertz CT molecular complexity index is 723. The third-order valence-corrected chi connectivity index (χ3v) is 6.68. The van der Waals surface area contributed by atoms with Crippen molar-refractivity contribution in [1.29, 1.82) is 0 Å². The SMILES string of the molecule is CC1(C#CC[NH+]2CCCCCC2)CCC2C(O1)c1ccccc1OC2(C)C.